The zero-order valence-electron chi connectivity index (χ0n) is 17.5. The third-order valence-electron chi connectivity index (χ3n) is 4.53. The van der Waals surface area contributed by atoms with Gasteiger partial charge < -0.3 is 14.8 Å². The number of hydrogen-bond donors (Lipinski definition) is 1. The monoisotopic (exact) mass is 494 g/mol. The molecule has 0 saturated carbocycles. The molecule has 3 aromatic carbocycles. The number of carbonyl (C=O) groups is 1. The van der Waals surface area contributed by atoms with Gasteiger partial charge in [-0.15, -0.1) is 0 Å². The number of carbonyl (C=O) groups excluding carboxylic acids is 1. The third kappa shape index (κ3) is 5.96. The van der Waals surface area contributed by atoms with Gasteiger partial charge in [0.15, 0.2) is 11.5 Å². The van der Waals surface area contributed by atoms with Crippen molar-refractivity contribution in [1.29, 1.82) is 5.26 Å². The van der Waals surface area contributed by atoms with Gasteiger partial charge in [0, 0.05) is 10.2 Å². The smallest absolute Gasteiger partial charge is 0.266 e. The summed E-state index contributed by atoms with van der Waals surface area (Å²) in [6.07, 6.45) is 1.47. The largest absolute Gasteiger partial charge is 0.493 e. The molecule has 0 bridgehead atoms. The van der Waals surface area contributed by atoms with Crippen molar-refractivity contribution in [2.45, 2.75) is 13.5 Å². The summed E-state index contributed by atoms with van der Waals surface area (Å²) in [4.78, 5) is 12.6. The van der Waals surface area contributed by atoms with E-state index in [9.17, 15) is 14.4 Å². The lowest BCUT2D eigenvalue weighted by molar-refractivity contribution is -0.112. The number of rotatable bonds is 7. The molecule has 3 aromatic rings. The Labute approximate surface area is 194 Å². The van der Waals surface area contributed by atoms with Gasteiger partial charge in [-0.1, -0.05) is 40.2 Å². The van der Waals surface area contributed by atoms with E-state index in [-0.39, 0.29) is 18.0 Å². The van der Waals surface area contributed by atoms with E-state index in [2.05, 4.69) is 21.2 Å². The molecule has 0 aliphatic carbocycles. The summed E-state index contributed by atoms with van der Waals surface area (Å²) in [5.41, 5.74) is 2.92. The molecule has 0 fully saturated rings. The van der Waals surface area contributed by atoms with Crippen LogP contribution in [0, 0.1) is 24.1 Å². The van der Waals surface area contributed by atoms with Crippen LogP contribution in [0.3, 0.4) is 0 Å². The lowest BCUT2D eigenvalue weighted by Crippen LogP contribution is -2.13. The first kappa shape index (κ1) is 23.0. The molecule has 3 rings (SSSR count). The summed E-state index contributed by atoms with van der Waals surface area (Å²) in [5, 5.41) is 12.2. The molecule has 0 radical (unpaired) electrons. The van der Waals surface area contributed by atoms with Gasteiger partial charge in [0.05, 0.1) is 7.11 Å². The summed E-state index contributed by atoms with van der Waals surface area (Å²) in [6, 6.07) is 18.6. The lowest BCUT2D eigenvalue weighted by Gasteiger charge is -2.13. The Bertz CT molecular complexity index is 1200. The van der Waals surface area contributed by atoms with E-state index >= 15 is 0 Å². The van der Waals surface area contributed by atoms with E-state index in [1.54, 1.807) is 30.3 Å². The van der Waals surface area contributed by atoms with Crippen molar-refractivity contribution in [2.24, 2.45) is 0 Å². The van der Waals surface area contributed by atoms with Crippen molar-refractivity contribution in [1.82, 2.24) is 0 Å². The number of aryl methyl sites for hydroxylation is 1. The number of anilines is 1. The summed E-state index contributed by atoms with van der Waals surface area (Å²) < 4.78 is 24.9. The van der Waals surface area contributed by atoms with Crippen LogP contribution in [0.1, 0.15) is 16.7 Å². The van der Waals surface area contributed by atoms with E-state index in [1.807, 2.05) is 31.2 Å². The first-order valence-corrected chi connectivity index (χ1v) is 10.4. The van der Waals surface area contributed by atoms with E-state index < -0.39 is 5.91 Å². The van der Waals surface area contributed by atoms with Gasteiger partial charge in [0.1, 0.15) is 24.1 Å². The SMILES string of the molecule is COc1cc(/C=C(\C#N)C(=O)Nc2cccc(C)c2)c(Br)cc1OCc1ccc(F)cc1. The zero-order chi connectivity index (χ0) is 23.1. The predicted molar refractivity (Wildman–Crippen MR) is 125 cm³/mol. The molecule has 32 heavy (non-hydrogen) atoms. The Balaban J connectivity index is 1.81. The van der Waals surface area contributed by atoms with Crippen LogP contribution in [0.5, 0.6) is 11.5 Å². The molecule has 1 N–H and O–H groups in total. The number of benzene rings is 3. The molecule has 0 spiro atoms. The normalized spacial score (nSPS) is 10.9. The fourth-order valence-corrected chi connectivity index (χ4v) is 3.34. The van der Waals surface area contributed by atoms with Crippen molar-refractivity contribution < 1.29 is 18.7 Å². The molecule has 1 amide bonds. The Morgan fingerprint density at radius 2 is 1.91 bits per heavy atom. The molecule has 0 saturated heterocycles. The highest BCUT2D eigenvalue weighted by molar-refractivity contribution is 9.10. The van der Waals surface area contributed by atoms with Crippen LogP contribution in [-0.4, -0.2) is 13.0 Å². The molecular weight excluding hydrogens is 475 g/mol. The van der Waals surface area contributed by atoms with Crippen LogP contribution < -0.4 is 14.8 Å². The fourth-order valence-electron chi connectivity index (χ4n) is 2.90. The topological polar surface area (TPSA) is 71.3 Å². The molecular formula is C25H20BrFN2O3. The fraction of sp³-hybridized carbons (Fsp3) is 0.120. The number of hydrogen-bond acceptors (Lipinski definition) is 4. The van der Waals surface area contributed by atoms with Crippen LogP contribution >= 0.6 is 15.9 Å². The number of amides is 1. The number of nitriles is 1. The lowest BCUT2D eigenvalue weighted by atomic mass is 10.1. The van der Waals surface area contributed by atoms with Crippen molar-refractivity contribution in [3.05, 3.63) is 93.2 Å². The molecule has 0 aromatic heterocycles. The third-order valence-corrected chi connectivity index (χ3v) is 5.22. The molecule has 5 nitrogen and oxygen atoms in total. The number of methoxy groups -OCH3 is 1. The second kappa shape index (κ2) is 10.6. The first-order valence-electron chi connectivity index (χ1n) is 9.64. The van der Waals surface area contributed by atoms with Crippen LogP contribution in [0.2, 0.25) is 0 Å². The van der Waals surface area contributed by atoms with Gasteiger partial charge >= 0.3 is 0 Å². The average Bonchev–Trinajstić information content (AvgIpc) is 2.78. The maximum absolute atomic E-state index is 13.1. The molecule has 0 aliphatic rings. The number of halogens is 2. The summed E-state index contributed by atoms with van der Waals surface area (Å²) in [6.45, 7) is 2.14. The summed E-state index contributed by atoms with van der Waals surface area (Å²) in [5.74, 6) is 0.0621. The van der Waals surface area contributed by atoms with Crippen molar-refractivity contribution in [2.75, 3.05) is 12.4 Å². The van der Waals surface area contributed by atoms with Gasteiger partial charge in [0.2, 0.25) is 0 Å². The molecule has 0 atom stereocenters. The van der Waals surface area contributed by atoms with Crippen molar-refractivity contribution in [3.63, 3.8) is 0 Å². The van der Waals surface area contributed by atoms with Crippen LogP contribution in [0.15, 0.2) is 70.7 Å². The predicted octanol–water partition coefficient (Wildman–Crippen LogP) is 6.03. The Hall–Kier alpha value is -3.63. The summed E-state index contributed by atoms with van der Waals surface area (Å²) in [7, 11) is 1.50. The maximum Gasteiger partial charge on any atom is 0.266 e. The van der Waals surface area contributed by atoms with E-state index in [1.165, 1.54) is 25.3 Å². The summed E-state index contributed by atoms with van der Waals surface area (Å²) >= 11 is 3.46. The quantitative estimate of drug-likeness (QED) is 0.321. The van der Waals surface area contributed by atoms with Crippen LogP contribution in [-0.2, 0) is 11.4 Å². The second-order valence-electron chi connectivity index (χ2n) is 6.93. The maximum atomic E-state index is 13.1. The Morgan fingerprint density at radius 1 is 1.16 bits per heavy atom. The van der Waals surface area contributed by atoms with E-state index in [0.717, 1.165) is 11.1 Å². The molecule has 0 aliphatic heterocycles. The standard InChI is InChI=1S/C25H20BrFN2O3/c1-16-4-3-5-21(10-16)29-25(30)19(14-28)11-18-12-23(31-2)24(13-22(18)26)32-15-17-6-8-20(27)9-7-17/h3-13H,15H2,1-2H3,(H,29,30)/b19-11+. The van der Waals surface area contributed by atoms with Gasteiger partial charge in [-0.3, -0.25) is 4.79 Å². The van der Waals surface area contributed by atoms with Gasteiger partial charge in [-0.05, 0) is 66.1 Å². The van der Waals surface area contributed by atoms with Crippen molar-refractivity contribution >= 4 is 33.6 Å². The Morgan fingerprint density at radius 3 is 2.56 bits per heavy atom. The number of nitrogens with one attached hydrogen (secondary N) is 1. The minimum Gasteiger partial charge on any atom is -0.493 e. The first-order chi connectivity index (χ1) is 15.4. The van der Waals surface area contributed by atoms with E-state index in [0.29, 0.717) is 27.2 Å². The average molecular weight is 495 g/mol. The number of ether oxygens (including phenoxy) is 2. The highest BCUT2D eigenvalue weighted by Crippen LogP contribution is 2.35. The molecule has 0 heterocycles. The number of nitrogens with zero attached hydrogens (tertiary/aromatic N) is 1. The highest BCUT2D eigenvalue weighted by Gasteiger charge is 2.14. The second-order valence-corrected chi connectivity index (χ2v) is 7.79. The van der Waals surface area contributed by atoms with E-state index in [4.69, 9.17) is 9.47 Å². The minimum atomic E-state index is -0.513. The van der Waals surface area contributed by atoms with Gasteiger partial charge in [-0.2, -0.15) is 5.26 Å². The molecule has 162 valence electrons. The Kier molecular flexibility index (Phi) is 7.63. The van der Waals surface area contributed by atoms with Crippen LogP contribution in [0.25, 0.3) is 6.08 Å². The minimum absolute atomic E-state index is 0.0609. The van der Waals surface area contributed by atoms with Gasteiger partial charge in [0.25, 0.3) is 5.91 Å². The van der Waals surface area contributed by atoms with Crippen molar-refractivity contribution in [3.8, 4) is 17.6 Å². The van der Waals surface area contributed by atoms with Crippen LogP contribution in [0.4, 0.5) is 10.1 Å². The highest BCUT2D eigenvalue weighted by atomic mass is 79.9. The van der Waals surface area contributed by atoms with Gasteiger partial charge in [-0.25, -0.2) is 4.39 Å². The zero-order valence-corrected chi connectivity index (χ0v) is 19.1. The molecule has 0 unspecified atom stereocenters. The molecule has 7 heteroatoms.